The lowest BCUT2D eigenvalue weighted by Gasteiger charge is -2.25. The van der Waals surface area contributed by atoms with Crippen molar-refractivity contribution in [3.63, 3.8) is 0 Å². The van der Waals surface area contributed by atoms with Gasteiger partial charge in [-0.15, -0.1) is 0 Å². The highest BCUT2D eigenvalue weighted by Crippen LogP contribution is 2.17. The summed E-state index contributed by atoms with van der Waals surface area (Å²) in [6.45, 7) is 3.63. The van der Waals surface area contributed by atoms with Gasteiger partial charge in [0.1, 0.15) is 5.69 Å². The molecule has 0 fully saturated rings. The normalized spacial score (nSPS) is 11.5. The summed E-state index contributed by atoms with van der Waals surface area (Å²) in [5.74, 6) is -1.09. The van der Waals surface area contributed by atoms with Crippen LogP contribution in [0.2, 0.25) is 0 Å². The molecular formula is C15H18N2O3. The zero-order valence-electron chi connectivity index (χ0n) is 11.6. The van der Waals surface area contributed by atoms with Crippen molar-refractivity contribution in [3.8, 4) is 0 Å². The van der Waals surface area contributed by atoms with Gasteiger partial charge in [0.15, 0.2) is 0 Å². The highest BCUT2D eigenvalue weighted by molar-refractivity contribution is 5.98. The van der Waals surface area contributed by atoms with Crippen molar-refractivity contribution in [2.75, 3.05) is 0 Å². The van der Waals surface area contributed by atoms with Crippen molar-refractivity contribution >= 4 is 22.8 Å². The Morgan fingerprint density at radius 3 is 2.65 bits per heavy atom. The van der Waals surface area contributed by atoms with Crippen LogP contribution in [0.1, 0.15) is 37.2 Å². The number of para-hydroxylation sites is 1. The lowest BCUT2D eigenvalue weighted by molar-refractivity contribution is -0.137. The first-order valence-electron chi connectivity index (χ1n) is 6.49. The van der Waals surface area contributed by atoms with E-state index in [-0.39, 0.29) is 12.3 Å². The molecule has 20 heavy (non-hydrogen) atoms. The van der Waals surface area contributed by atoms with Crippen LogP contribution in [0.3, 0.4) is 0 Å². The van der Waals surface area contributed by atoms with Crippen molar-refractivity contribution in [3.05, 3.63) is 36.0 Å². The van der Waals surface area contributed by atoms with Gasteiger partial charge in [-0.25, -0.2) is 0 Å². The van der Waals surface area contributed by atoms with E-state index in [0.29, 0.717) is 12.1 Å². The predicted octanol–water partition coefficient (Wildman–Crippen LogP) is 2.54. The van der Waals surface area contributed by atoms with Gasteiger partial charge in [-0.2, -0.15) is 0 Å². The number of aromatic amines is 1. The quantitative estimate of drug-likeness (QED) is 0.783. The molecule has 0 spiro atoms. The minimum absolute atomic E-state index is 0.0278. The van der Waals surface area contributed by atoms with Gasteiger partial charge in [-0.3, -0.25) is 9.59 Å². The number of fused-ring (bicyclic) bond motifs is 1. The molecule has 3 N–H and O–H groups in total. The molecule has 1 amide bonds. The average molecular weight is 274 g/mol. The molecule has 0 aliphatic carbocycles. The van der Waals surface area contributed by atoms with E-state index in [1.807, 2.05) is 38.1 Å². The van der Waals surface area contributed by atoms with E-state index >= 15 is 0 Å². The molecule has 0 radical (unpaired) electrons. The number of carbonyl (C=O) groups is 2. The number of aliphatic carboxylic acids is 1. The Bertz CT molecular complexity index is 610. The molecule has 0 bridgehead atoms. The first kappa shape index (κ1) is 14.1. The van der Waals surface area contributed by atoms with Crippen LogP contribution >= 0.6 is 0 Å². The standard InChI is InChI=1S/C15H18N2O3/c1-15(2,8-7-13(18)19)17-14(20)12-9-10-5-3-4-6-11(10)16-12/h3-6,9,16H,7-8H2,1-2H3,(H,17,20)(H,18,19). The minimum Gasteiger partial charge on any atom is -0.481 e. The third-order valence-corrected chi connectivity index (χ3v) is 3.19. The van der Waals surface area contributed by atoms with Crippen LogP contribution in [-0.4, -0.2) is 27.5 Å². The molecule has 0 aliphatic heterocycles. The number of carbonyl (C=O) groups excluding carboxylic acids is 1. The van der Waals surface area contributed by atoms with E-state index in [1.165, 1.54) is 0 Å². The summed E-state index contributed by atoms with van der Waals surface area (Å²) in [6.07, 6.45) is 0.411. The van der Waals surface area contributed by atoms with Crippen molar-refractivity contribution in [2.45, 2.75) is 32.2 Å². The van der Waals surface area contributed by atoms with Gasteiger partial charge in [-0.1, -0.05) is 18.2 Å². The van der Waals surface area contributed by atoms with Crippen molar-refractivity contribution in [2.24, 2.45) is 0 Å². The van der Waals surface area contributed by atoms with E-state index in [2.05, 4.69) is 10.3 Å². The van der Waals surface area contributed by atoms with Gasteiger partial charge in [-0.05, 0) is 32.4 Å². The molecule has 2 aromatic rings. The fourth-order valence-electron chi connectivity index (χ4n) is 2.05. The van der Waals surface area contributed by atoms with Crippen LogP contribution in [0.4, 0.5) is 0 Å². The zero-order chi connectivity index (χ0) is 14.8. The first-order valence-corrected chi connectivity index (χ1v) is 6.49. The summed E-state index contributed by atoms with van der Waals surface area (Å²) in [6, 6.07) is 9.43. The van der Waals surface area contributed by atoms with Gasteiger partial charge in [0.05, 0.1) is 0 Å². The van der Waals surface area contributed by atoms with E-state index in [9.17, 15) is 9.59 Å². The summed E-state index contributed by atoms with van der Waals surface area (Å²) >= 11 is 0. The number of amides is 1. The summed E-state index contributed by atoms with van der Waals surface area (Å²) in [4.78, 5) is 25.8. The second kappa shape index (κ2) is 5.36. The fraction of sp³-hybridized carbons (Fsp3) is 0.333. The van der Waals surface area contributed by atoms with Crippen LogP contribution in [0.5, 0.6) is 0 Å². The topological polar surface area (TPSA) is 82.2 Å². The number of H-pyrrole nitrogens is 1. The van der Waals surface area contributed by atoms with Crippen LogP contribution in [0.15, 0.2) is 30.3 Å². The predicted molar refractivity (Wildman–Crippen MR) is 76.7 cm³/mol. The second-order valence-electron chi connectivity index (χ2n) is 5.50. The largest absolute Gasteiger partial charge is 0.481 e. The van der Waals surface area contributed by atoms with Crippen LogP contribution in [0, 0.1) is 0 Å². The molecule has 0 saturated carbocycles. The lowest BCUT2D eigenvalue weighted by atomic mass is 9.98. The van der Waals surface area contributed by atoms with Crippen LogP contribution < -0.4 is 5.32 Å². The summed E-state index contributed by atoms with van der Waals surface area (Å²) < 4.78 is 0. The molecule has 0 saturated heterocycles. The molecule has 5 heteroatoms. The van der Waals surface area contributed by atoms with Gasteiger partial charge in [0, 0.05) is 22.9 Å². The molecule has 1 heterocycles. The lowest BCUT2D eigenvalue weighted by Crippen LogP contribution is -2.43. The number of carboxylic acid groups (broad SMARTS) is 1. The molecule has 5 nitrogen and oxygen atoms in total. The SMILES string of the molecule is CC(C)(CCC(=O)O)NC(=O)c1cc2ccccc2[nH]1. The van der Waals surface area contributed by atoms with E-state index < -0.39 is 11.5 Å². The molecule has 0 aliphatic rings. The smallest absolute Gasteiger partial charge is 0.303 e. The Balaban J connectivity index is 2.09. The molecular weight excluding hydrogens is 256 g/mol. The highest BCUT2D eigenvalue weighted by atomic mass is 16.4. The van der Waals surface area contributed by atoms with Crippen molar-refractivity contribution < 1.29 is 14.7 Å². The van der Waals surface area contributed by atoms with E-state index in [4.69, 9.17) is 5.11 Å². The Morgan fingerprint density at radius 1 is 1.30 bits per heavy atom. The number of benzene rings is 1. The van der Waals surface area contributed by atoms with E-state index in [1.54, 1.807) is 6.07 Å². The Hall–Kier alpha value is -2.30. The maximum absolute atomic E-state index is 12.2. The number of carboxylic acids is 1. The third kappa shape index (κ3) is 3.38. The van der Waals surface area contributed by atoms with Gasteiger partial charge >= 0.3 is 5.97 Å². The number of aromatic nitrogens is 1. The molecule has 1 aromatic heterocycles. The summed E-state index contributed by atoms with van der Waals surface area (Å²) in [5, 5.41) is 12.5. The maximum Gasteiger partial charge on any atom is 0.303 e. The van der Waals surface area contributed by atoms with Crippen LogP contribution in [-0.2, 0) is 4.79 Å². The van der Waals surface area contributed by atoms with Gasteiger partial charge < -0.3 is 15.4 Å². The molecule has 0 unspecified atom stereocenters. The zero-order valence-corrected chi connectivity index (χ0v) is 11.6. The average Bonchev–Trinajstić information content (AvgIpc) is 2.80. The number of nitrogens with one attached hydrogen (secondary N) is 2. The Kier molecular flexibility index (Phi) is 3.79. The second-order valence-corrected chi connectivity index (χ2v) is 5.50. The molecule has 0 atom stereocenters. The van der Waals surface area contributed by atoms with E-state index in [0.717, 1.165) is 10.9 Å². The molecule has 106 valence electrons. The Labute approximate surface area is 117 Å². The first-order chi connectivity index (χ1) is 9.37. The highest BCUT2D eigenvalue weighted by Gasteiger charge is 2.22. The van der Waals surface area contributed by atoms with Crippen molar-refractivity contribution in [1.82, 2.24) is 10.3 Å². The molecule has 2 rings (SSSR count). The third-order valence-electron chi connectivity index (χ3n) is 3.19. The summed E-state index contributed by atoms with van der Waals surface area (Å²) in [7, 11) is 0. The monoisotopic (exact) mass is 274 g/mol. The van der Waals surface area contributed by atoms with Crippen molar-refractivity contribution in [1.29, 1.82) is 0 Å². The Morgan fingerprint density at radius 2 is 2.00 bits per heavy atom. The van der Waals surface area contributed by atoms with Gasteiger partial charge in [0.25, 0.3) is 5.91 Å². The maximum atomic E-state index is 12.2. The molecule has 1 aromatic carbocycles. The minimum atomic E-state index is -0.863. The van der Waals surface area contributed by atoms with Crippen LogP contribution in [0.25, 0.3) is 10.9 Å². The number of rotatable bonds is 5. The fourth-order valence-corrected chi connectivity index (χ4v) is 2.05. The summed E-state index contributed by atoms with van der Waals surface area (Å²) in [5.41, 5.74) is 0.822. The number of hydrogen-bond donors (Lipinski definition) is 3. The number of hydrogen-bond acceptors (Lipinski definition) is 2. The van der Waals surface area contributed by atoms with Gasteiger partial charge in [0.2, 0.25) is 0 Å².